The number of amides is 1. The fraction of sp³-hybridized carbons (Fsp3) is 0.750. The van der Waals surface area contributed by atoms with Gasteiger partial charge >= 0.3 is 0 Å². The van der Waals surface area contributed by atoms with E-state index in [-0.39, 0.29) is 5.91 Å². The number of ether oxygens (including phenoxy) is 1. The van der Waals surface area contributed by atoms with Gasteiger partial charge < -0.3 is 14.6 Å². The zero-order valence-electron chi connectivity index (χ0n) is 15.3. The molecule has 0 atom stereocenters. The standard InChI is InChI=1S/C20H32N2O2/c1-15-13-19(16(2)22(15)18-7-4-3-5-8-18)20(23)21-11-6-12-24-14-17-9-10-17/h13,17-18H,3-12,14H2,1-2H3,(H,21,23). The van der Waals surface area contributed by atoms with Crippen molar-refractivity contribution in [3.63, 3.8) is 0 Å². The molecular formula is C20H32N2O2. The summed E-state index contributed by atoms with van der Waals surface area (Å²) in [4.78, 5) is 12.5. The van der Waals surface area contributed by atoms with Crippen molar-refractivity contribution in [1.29, 1.82) is 0 Å². The van der Waals surface area contributed by atoms with Crippen LogP contribution in [0.1, 0.15) is 79.2 Å². The van der Waals surface area contributed by atoms with Gasteiger partial charge in [0.25, 0.3) is 5.91 Å². The van der Waals surface area contributed by atoms with Gasteiger partial charge in [-0.15, -0.1) is 0 Å². The first kappa shape index (κ1) is 17.5. The Morgan fingerprint density at radius 1 is 1.21 bits per heavy atom. The molecule has 0 aromatic carbocycles. The van der Waals surface area contributed by atoms with Crippen LogP contribution >= 0.6 is 0 Å². The lowest BCUT2D eigenvalue weighted by Gasteiger charge is -2.26. The van der Waals surface area contributed by atoms with E-state index in [1.54, 1.807) is 0 Å². The number of carbonyl (C=O) groups is 1. The summed E-state index contributed by atoms with van der Waals surface area (Å²) >= 11 is 0. The Bertz CT molecular complexity index is 554. The maximum atomic E-state index is 12.5. The van der Waals surface area contributed by atoms with Crippen molar-refractivity contribution in [1.82, 2.24) is 9.88 Å². The van der Waals surface area contributed by atoms with Crippen molar-refractivity contribution in [2.45, 2.75) is 71.3 Å². The van der Waals surface area contributed by atoms with Crippen molar-refractivity contribution in [2.24, 2.45) is 5.92 Å². The van der Waals surface area contributed by atoms with Gasteiger partial charge in [0.2, 0.25) is 0 Å². The fourth-order valence-electron chi connectivity index (χ4n) is 3.91. The minimum atomic E-state index is 0.0624. The van der Waals surface area contributed by atoms with Crippen LogP contribution in [0.3, 0.4) is 0 Å². The molecule has 1 heterocycles. The third-order valence-electron chi connectivity index (χ3n) is 5.47. The van der Waals surface area contributed by atoms with Gasteiger partial charge in [-0.05, 0) is 57.9 Å². The van der Waals surface area contributed by atoms with Gasteiger partial charge in [0, 0.05) is 37.2 Å². The second-order valence-corrected chi connectivity index (χ2v) is 7.57. The molecule has 2 aliphatic carbocycles. The van der Waals surface area contributed by atoms with Crippen LogP contribution in [-0.4, -0.2) is 30.2 Å². The molecule has 1 aromatic rings. The van der Waals surface area contributed by atoms with E-state index in [4.69, 9.17) is 4.74 Å². The highest BCUT2D eigenvalue weighted by molar-refractivity contribution is 5.95. The average molecular weight is 332 g/mol. The number of hydrogen-bond donors (Lipinski definition) is 1. The Morgan fingerprint density at radius 3 is 2.67 bits per heavy atom. The monoisotopic (exact) mass is 332 g/mol. The number of aryl methyl sites for hydroxylation is 1. The first-order chi connectivity index (χ1) is 11.7. The van der Waals surface area contributed by atoms with Gasteiger partial charge in [-0.2, -0.15) is 0 Å². The molecule has 0 saturated heterocycles. The van der Waals surface area contributed by atoms with Gasteiger partial charge in [-0.1, -0.05) is 19.3 Å². The summed E-state index contributed by atoms with van der Waals surface area (Å²) in [6.07, 6.45) is 10.0. The summed E-state index contributed by atoms with van der Waals surface area (Å²) in [7, 11) is 0. The Kier molecular flexibility index (Phi) is 5.99. The highest BCUT2D eigenvalue weighted by atomic mass is 16.5. The predicted octanol–water partition coefficient (Wildman–Crippen LogP) is 4.16. The third-order valence-corrected chi connectivity index (χ3v) is 5.47. The molecule has 4 heteroatoms. The number of carbonyl (C=O) groups excluding carboxylic acids is 1. The molecule has 0 unspecified atom stereocenters. The first-order valence-electron chi connectivity index (χ1n) is 9.71. The zero-order valence-corrected chi connectivity index (χ0v) is 15.3. The maximum Gasteiger partial charge on any atom is 0.253 e. The van der Waals surface area contributed by atoms with Gasteiger partial charge in [0.15, 0.2) is 0 Å². The molecule has 0 spiro atoms. The fourth-order valence-corrected chi connectivity index (χ4v) is 3.91. The molecule has 3 rings (SSSR count). The van der Waals surface area contributed by atoms with E-state index < -0.39 is 0 Å². The molecule has 0 radical (unpaired) electrons. The smallest absolute Gasteiger partial charge is 0.253 e. The normalized spacial score (nSPS) is 18.8. The Morgan fingerprint density at radius 2 is 1.96 bits per heavy atom. The highest BCUT2D eigenvalue weighted by Gasteiger charge is 2.23. The van der Waals surface area contributed by atoms with Crippen LogP contribution in [0.25, 0.3) is 0 Å². The highest BCUT2D eigenvalue weighted by Crippen LogP contribution is 2.32. The summed E-state index contributed by atoms with van der Waals surface area (Å²) in [5, 5.41) is 3.05. The zero-order chi connectivity index (χ0) is 16.9. The Hall–Kier alpha value is -1.29. The first-order valence-corrected chi connectivity index (χ1v) is 9.71. The van der Waals surface area contributed by atoms with Crippen molar-refractivity contribution >= 4 is 5.91 Å². The van der Waals surface area contributed by atoms with Crippen LogP contribution in [-0.2, 0) is 4.74 Å². The van der Waals surface area contributed by atoms with E-state index in [2.05, 4.69) is 29.8 Å². The van der Waals surface area contributed by atoms with Crippen LogP contribution < -0.4 is 5.32 Å². The van der Waals surface area contributed by atoms with E-state index >= 15 is 0 Å². The van der Waals surface area contributed by atoms with Gasteiger partial charge in [-0.25, -0.2) is 0 Å². The third kappa shape index (κ3) is 4.41. The molecule has 0 bridgehead atoms. The molecule has 1 aromatic heterocycles. The molecular weight excluding hydrogens is 300 g/mol. The maximum absolute atomic E-state index is 12.5. The van der Waals surface area contributed by atoms with E-state index in [0.717, 1.165) is 36.8 Å². The van der Waals surface area contributed by atoms with Gasteiger partial charge in [0.1, 0.15) is 0 Å². The van der Waals surface area contributed by atoms with Crippen molar-refractivity contribution in [3.8, 4) is 0 Å². The molecule has 2 saturated carbocycles. The second-order valence-electron chi connectivity index (χ2n) is 7.57. The van der Waals surface area contributed by atoms with E-state index in [1.165, 1.54) is 50.6 Å². The molecule has 4 nitrogen and oxygen atoms in total. The number of nitrogens with zero attached hydrogens (tertiary/aromatic N) is 1. The van der Waals surface area contributed by atoms with E-state index in [9.17, 15) is 4.79 Å². The Labute approximate surface area is 146 Å². The summed E-state index contributed by atoms with van der Waals surface area (Å²) in [6.45, 7) is 6.56. The lowest BCUT2D eigenvalue weighted by atomic mass is 9.95. The average Bonchev–Trinajstić information content (AvgIpc) is 3.36. The van der Waals surface area contributed by atoms with Gasteiger partial charge in [0.05, 0.1) is 5.56 Å². The molecule has 1 amide bonds. The molecule has 1 N–H and O–H groups in total. The number of rotatable bonds is 8. The second kappa shape index (κ2) is 8.19. The molecule has 134 valence electrons. The van der Waals surface area contributed by atoms with Crippen LogP contribution in [0, 0.1) is 19.8 Å². The lowest BCUT2D eigenvalue weighted by molar-refractivity contribution is 0.0936. The SMILES string of the molecule is Cc1cc(C(=O)NCCCOCC2CC2)c(C)n1C1CCCCC1. The Balaban J connectivity index is 1.48. The summed E-state index contributed by atoms with van der Waals surface area (Å²) < 4.78 is 8.01. The number of hydrogen-bond acceptors (Lipinski definition) is 2. The van der Waals surface area contributed by atoms with E-state index in [0.29, 0.717) is 12.6 Å². The summed E-state index contributed by atoms with van der Waals surface area (Å²) in [6, 6.07) is 2.64. The van der Waals surface area contributed by atoms with Gasteiger partial charge in [-0.3, -0.25) is 4.79 Å². The van der Waals surface area contributed by atoms with E-state index in [1.807, 2.05) is 0 Å². The lowest BCUT2D eigenvalue weighted by Crippen LogP contribution is -2.26. The molecule has 0 aliphatic heterocycles. The van der Waals surface area contributed by atoms with Crippen molar-refractivity contribution in [3.05, 3.63) is 23.0 Å². The number of aromatic nitrogens is 1. The molecule has 2 fully saturated rings. The minimum Gasteiger partial charge on any atom is -0.381 e. The molecule has 2 aliphatic rings. The molecule has 24 heavy (non-hydrogen) atoms. The topological polar surface area (TPSA) is 43.3 Å². The van der Waals surface area contributed by atoms with Crippen LogP contribution in [0.5, 0.6) is 0 Å². The van der Waals surface area contributed by atoms with Crippen molar-refractivity contribution < 1.29 is 9.53 Å². The van der Waals surface area contributed by atoms with Crippen molar-refractivity contribution in [2.75, 3.05) is 19.8 Å². The van der Waals surface area contributed by atoms with Crippen LogP contribution in [0.4, 0.5) is 0 Å². The summed E-state index contributed by atoms with van der Waals surface area (Å²) in [5.74, 6) is 0.872. The minimum absolute atomic E-state index is 0.0624. The summed E-state index contributed by atoms with van der Waals surface area (Å²) in [5.41, 5.74) is 3.19. The number of nitrogens with one attached hydrogen (secondary N) is 1. The largest absolute Gasteiger partial charge is 0.381 e. The predicted molar refractivity (Wildman–Crippen MR) is 96.5 cm³/mol. The van der Waals surface area contributed by atoms with Crippen LogP contribution in [0.2, 0.25) is 0 Å². The quantitative estimate of drug-likeness (QED) is 0.727. The van der Waals surface area contributed by atoms with Crippen LogP contribution in [0.15, 0.2) is 6.07 Å².